The number of amides is 1. The first kappa shape index (κ1) is 16.4. The predicted octanol–water partition coefficient (Wildman–Crippen LogP) is 3.11. The molecule has 6 heteroatoms. The third-order valence-corrected chi connectivity index (χ3v) is 3.73. The van der Waals surface area contributed by atoms with Gasteiger partial charge in [-0.2, -0.15) is 10.2 Å². The maximum Gasteiger partial charge on any atom is 0.289 e. The molecule has 3 aromatic rings. The van der Waals surface area contributed by atoms with Crippen LogP contribution in [0, 0.1) is 0 Å². The summed E-state index contributed by atoms with van der Waals surface area (Å²) in [7, 11) is 0. The second-order valence-corrected chi connectivity index (χ2v) is 5.51. The Morgan fingerprint density at radius 1 is 1.24 bits per heavy atom. The molecule has 1 heterocycles. The third-order valence-electron chi connectivity index (χ3n) is 3.73. The zero-order chi connectivity index (χ0) is 17.6. The molecule has 0 aliphatic carbocycles. The van der Waals surface area contributed by atoms with E-state index in [1.165, 1.54) is 11.8 Å². The highest BCUT2D eigenvalue weighted by Crippen LogP contribution is 2.18. The number of aromatic nitrogens is 2. The van der Waals surface area contributed by atoms with E-state index in [-0.39, 0.29) is 11.7 Å². The van der Waals surface area contributed by atoms with E-state index in [0.717, 1.165) is 12.0 Å². The molecule has 0 aliphatic heterocycles. The molecule has 2 aromatic carbocycles. The van der Waals surface area contributed by atoms with Crippen molar-refractivity contribution in [1.82, 2.24) is 15.6 Å². The first-order valence-corrected chi connectivity index (χ1v) is 7.93. The van der Waals surface area contributed by atoms with Crippen molar-refractivity contribution >= 4 is 12.1 Å². The van der Waals surface area contributed by atoms with Crippen molar-refractivity contribution in [3.63, 3.8) is 0 Å². The molecule has 1 amide bonds. The van der Waals surface area contributed by atoms with E-state index in [1.807, 2.05) is 24.3 Å². The van der Waals surface area contributed by atoms with Crippen molar-refractivity contribution in [2.24, 2.45) is 5.10 Å². The highest BCUT2D eigenvalue weighted by Gasteiger charge is 2.10. The lowest BCUT2D eigenvalue weighted by atomic mass is 10.1. The van der Waals surface area contributed by atoms with Crippen LogP contribution in [-0.2, 0) is 6.42 Å². The number of aromatic hydroxyl groups is 1. The molecule has 25 heavy (non-hydrogen) atoms. The summed E-state index contributed by atoms with van der Waals surface area (Å²) in [5.41, 5.74) is 6.32. The summed E-state index contributed by atoms with van der Waals surface area (Å²) in [4.78, 5) is 12.1. The molecular weight excluding hydrogens is 316 g/mol. The fourth-order valence-corrected chi connectivity index (χ4v) is 2.33. The number of aryl methyl sites for hydroxylation is 1. The lowest BCUT2D eigenvalue weighted by Crippen LogP contribution is -2.17. The molecule has 0 unspecified atom stereocenters. The molecular formula is C19H18N4O2. The van der Waals surface area contributed by atoms with E-state index >= 15 is 0 Å². The van der Waals surface area contributed by atoms with Crippen LogP contribution < -0.4 is 5.43 Å². The first-order chi connectivity index (χ1) is 12.2. The van der Waals surface area contributed by atoms with E-state index in [9.17, 15) is 9.90 Å². The van der Waals surface area contributed by atoms with Crippen LogP contribution in [0.4, 0.5) is 0 Å². The van der Waals surface area contributed by atoms with Gasteiger partial charge < -0.3 is 5.11 Å². The number of carbonyl (C=O) groups excluding carboxylic acids is 1. The number of phenolic OH excluding ortho intramolecular Hbond substituents is 1. The van der Waals surface area contributed by atoms with E-state index < -0.39 is 0 Å². The highest BCUT2D eigenvalue weighted by molar-refractivity contribution is 5.94. The predicted molar refractivity (Wildman–Crippen MR) is 96.6 cm³/mol. The zero-order valence-corrected chi connectivity index (χ0v) is 13.7. The lowest BCUT2D eigenvalue weighted by Gasteiger charge is -1.98. The second-order valence-electron chi connectivity index (χ2n) is 5.51. The van der Waals surface area contributed by atoms with Gasteiger partial charge in [-0.25, -0.2) is 5.43 Å². The van der Waals surface area contributed by atoms with Gasteiger partial charge >= 0.3 is 0 Å². The third kappa shape index (κ3) is 4.11. The zero-order valence-electron chi connectivity index (χ0n) is 13.7. The maximum atomic E-state index is 12.1. The molecule has 6 nitrogen and oxygen atoms in total. The SMILES string of the molecule is CCc1ccc(-c2cc(C(=O)N/N=C/c3cccc(O)c3)[nH]n2)cc1. The molecule has 1 aromatic heterocycles. The molecule has 0 radical (unpaired) electrons. The normalized spacial score (nSPS) is 10.9. The van der Waals surface area contributed by atoms with Gasteiger partial charge in [0.2, 0.25) is 0 Å². The van der Waals surface area contributed by atoms with E-state index in [4.69, 9.17) is 0 Å². The van der Waals surface area contributed by atoms with Crippen molar-refractivity contribution in [3.05, 3.63) is 71.4 Å². The van der Waals surface area contributed by atoms with Gasteiger partial charge in [-0.1, -0.05) is 43.3 Å². The number of hydrogen-bond donors (Lipinski definition) is 3. The average molecular weight is 334 g/mol. The quantitative estimate of drug-likeness (QED) is 0.494. The smallest absolute Gasteiger partial charge is 0.289 e. The van der Waals surface area contributed by atoms with Gasteiger partial charge in [0.1, 0.15) is 11.4 Å². The molecule has 0 saturated carbocycles. The van der Waals surface area contributed by atoms with Crippen LogP contribution in [0.2, 0.25) is 0 Å². The van der Waals surface area contributed by atoms with Gasteiger partial charge in [0.05, 0.1) is 11.9 Å². The number of aromatic amines is 1. The van der Waals surface area contributed by atoms with Crippen LogP contribution in [-0.4, -0.2) is 27.4 Å². The van der Waals surface area contributed by atoms with Crippen LogP contribution in [0.3, 0.4) is 0 Å². The summed E-state index contributed by atoms with van der Waals surface area (Å²) in [6.45, 7) is 2.10. The van der Waals surface area contributed by atoms with Gasteiger partial charge in [0.25, 0.3) is 5.91 Å². The van der Waals surface area contributed by atoms with Crippen molar-refractivity contribution in [3.8, 4) is 17.0 Å². The molecule has 0 bridgehead atoms. The summed E-state index contributed by atoms with van der Waals surface area (Å²) in [6.07, 6.45) is 2.43. The van der Waals surface area contributed by atoms with Crippen LogP contribution in [0.1, 0.15) is 28.5 Å². The summed E-state index contributed by atoms with van der Waals surface area (Å²) in [5.74, 6) is -0.247. The Balaban J connectivity index is 1.66. The second kappa shape index (κ2) is 7.44. The standard InChI is InChI=1S/C19H18N4O2/c1-2-13-6-8-15(9-7-13)17-11-18(22-21-17)19(25)23-20-12-14-4-3-5-16(24)10-14/h3-12,24H,2H2,1H3,(H,21,22)(H,23,25)/b20-12+. The van der Waals surface area contributed by atoms with Gasteiger partial charge in [-0.3, -0.25) is 9.89 Å². The van der Waals surface area contributed by atoms with Gasteiger partial charge in [0.15, 0.2) is 0 Å². The Morgan fingerprint density at radius 2 is 2.04 bits per heavy atom. The van der Waals surface area contributed by atoms with Crippen molar-refractivity contribution in [2.45, 2.75) is 13.3 Å². The monoisotopic (exact) mass is 334 g/mol. The molecule has 0 aliphatic rings. The summed E-state index contributed by atoms with van der Waals surface area (Å²) in [6, 6.07) is 16.3. The minimum atomic E-state index is -0.389. The molecule has 0 spiro atoms. The van der Waals surface area contributed by atoms with Crippen LogP contribution in [0.5, 0.6) is 5.75 Å². The molecule has 3 rings (SSSR count). The number of phenols is 1. The van der Waals surface area contributed by atoms with Gasteiger partial charge in [0, 0.05) is 5.56 Å². The topological polar surface area (TPSA) is 90.4 Å². The van der Waals surface area contributed by atoms with Gasteiger partial charge in [-0.15, -0.1) is 0 Å². The number of nitrogens with zero attached hydrogens (tertiary/aromatic N) is 2. The van der Waals surface area contributed by atoms with E-state index in [2.05, 4.69) is 27.6 Å². The Labute approximate surface area is 145 Å². The number of carbonyl (C=O) groups is 1. The Bertz CT molecular complexity index is 898. The Hall–Kier alpha value is -3.41. The number of hydrazone groups is 1. The van der Waals surface area contributed by atoms with Crippen molar-refractivity contribution < 1.29 is 9.90 Å². The van der Waals surface area contributed by atoms with Crippen molar-refractivity contribution in [2.75, 3.05) is 0 Å². The first-order valence-electron chi connectivity index (χ1n) is 7.93. The summed E-state index contributed by atoms with van der Waals surface area (Å²) < 4.78 is 0. The number of hydrogen-bond acceptors (Lipinski definition) is 4. The Kier molecular flexibility index (Phi) is 4.89. The average Bonchev–Trinajstić information content (AvgIpc) is 3.12. The minimum absolute atomic E-state index is 0.141. The van der Waals surface area contributed by atoms with Crippen LogP contribution >= 0.6 is 0 Å². The number of benzene rings is 2. The maximum absolute atomic E-state index is 12.1. The highest BCUT2D eigenvalue weighted by atomic mass is 16.3. The number of nitrogens with one attached hydrogen (secondary N) is 2. The fourth-order valence-electron chi connectivity index (χ4n) is 2.33. The largest absolute Gasteiger partial charge is 0.508 e. The number of H-pyrrole nitrogens is 1. The number of rotatable bonds is 5. The Morgan fingerprint density at radius 3 is 2.76 bits per heavy atom. The fraction of sp³-hybridized carbons (Fsp3) is 0.105. The van der Waals surface area contributed by atoms with E-state index in [0.29, 0.717) is 17.0 Å². The van der Waals surface area contributed by atoms with Gasteiger partial charge in [-0.05, 0) is 35.7 Å². The molecule has 3 N–H and O–H groups in total. The van der Waals surface area contributed by atoms with Crippen LogP contribution in [0.15, 0.2) is 59.7 Å². The molecule has 0 fully saturated rings. The lowest BCUT2D eigenvalue weighted by molar-refractivity contribution is 0.0950. The summed E-state index contributed by atoms with van der Waals surface area (Å²) in [5, 5.41) is 20.1. The van der Waals surface area contributed by atoms with Crippen molar-refractivity contribution in [1.29, 1.82) is 0 Å². The molecule has 126 valence electrons. The van der Waals surface area contributed by atoms with Crippen LogP contribution in [0.25, 0.3) is 11.3 Å². The minimum Gasteiger partial charge on any atom is -0.508 e. The molecule has 0 atom stereocenters. The summed E-state index contributed by atoms with van der Waals surface area (Å²) >= 11 is 0. The van der Waals surface area contributed by atoms with E-state index in [1.54, 1.807) is 30.3 Å². The molecule has 0 saturated heterocycles.